The number of hydrogen-bond acceptors (Lipinski definition) is 5. The Hall–Kier alpha value is -1.68. The monoisotopic (exact) mass is 412 g/mol. The molecule has 1 aromatic rings. The number of hydrogen-bond donors (Lipinski definition) is 3. The highest BCUT2D eigenvalue weighted by Crippen LogP contribution is 2.14. The number of benzene rings is 1. The lowest BCUT2D eigenvalue weighted by Crippen LogP contribution is -2.38. The van der Waals surface area contributed by atoms with Crippen molar-refractivity contribution >= 4 is 16.0 Å². The number of methoxy groups -OCH3 is 1. The maximum absolute atomic E-state index is 12.4. The van der Waals surface area contributed by atoms with E-state index in [-0.39, 0.29) is 11.0 Å². The Bertz CT molecular complexity index is 701. The molecule has 0 radical (unpaired) electrons. The molecule has 0 amide bonds. The van der Waals surface area contributed by atoms with Crippen LogP contribution >= 0.6 is 0 Å². The summed E-state index contributed by atoms with van der Waals surface area (Å²) in [5.74, 6) is 0.730. The first-order chi connectivity index (χ1) is 13.5. The van der Waals surface area contributed by atoms with Crippen LogP contribution in [0.3, 0.4) is 0 Å². The molecule has 2 rings (SSSR count). The molecule has 1 heterocycles. The fraction of sp³-hybridized carbons (Fsp3) is 0.632. The summed E-state index contributed by atoms with van der Waals surface area (Å²) in [6.45, 7) is 5.73. The molecule has 1 atom stereocenters. The van der Waals surface area contributed by atoms with E-state index >= 15 is 0 Å². The molecular weight excluding hydrogens is 380 g/mol. The van der Waals surface area contributed by atoms with Crippen molar-refractivity contribution in [1.82, 2.24) is 15.4 Å². The van der Waals surface area contributed by atoms with E-state index in [2.05, 4.69) is 20.3 Å². The molecule has 0 spiro atoms. The second-order valence-electron chi connectivity index (χ2n) is 6.60. The van der Waals surface area contributed by atoms with Crippen molar-refractivity contribution in [3.8, 4) is 0 Å². The second-order valence-corrected chi connectivity index (χ2v) is 8.37. The minimum atomic E-state index is -3.52. The molecule has 9 heteroatoms. The number of ether oxygens (including phenoxy) is 2. The van der Waals surface area contributed by atoms with Gasteiger partial charge in [-0.25, -0.2) is 18.1 Å². The third kappa shape index (κ3) is 7.75. The molecule has 1 aliphatic heterocycles. The summed E-state index contributed by atoms with van der Waals surface area (Å²) in [5, 5.41) is 6.44. The third-order valence-electron chi connectivity index (χ3n) is 4.34. The highest BCUT2D eigenvalue weighted by atomic mass is 32.2. The molecule has 1 unspecified atom stereocenters. The molecule has 1 saturated heterocycles. The van der Waals surface area contributed by atoms with Crippen LogP contribution in [0.4, 0.5) is 0 Å². The van der Waals surface area contributed by atoms with Gasteiger partial charge in [-0.05, 0) is 43.9 Å². The highest BCUT2D eigenvalue weighted by molar-refractivity contribution is 7.89. The maximum Gasteiger partial charge on any atom is 0.240 e. The molecule has 1 fully saturated rings. The molecule has 0 bridgehead atoms. The largest absolute Gasteiger partial charge is 0.385 e. The van der Waals surface area contributed by atoms with Gasteiger partial charge < -0.3 is 20.1 Å². The standard InChI is InChI=1S/C19H32N4O4S/c1-3-20-19(21-11-5-12-26-2)22-14-16-7-9-18(10-8-16)28(24,25)23-15-17-6-4-13-27-17/h7-10,17,23H,3-6,11-15H2,1-2H3,(H2,20,21,22). The Morgan fingerprint density at radius 2 is 2.07 bits per heavy atom. The van der Waals surface area contributed by atoms with Gasteiger partial charge in [0.25, 0.3) is 0 Å². The van der Waals surface area contributed by atoms with Crippen molar-refractivity contribution in [3.05, 3.63) is 29.8 Å². The van der Waals surface area contributed by atoms with Crippen LogP contribution in [0.25, 0.3) is 0 Å². The molecule has 0 aliphatic carbocycles. The maximum atomic E-state index is 12.4. The molecular formula is C19H32N4O4S. The van der Waals surface area contributed by atoms with E-state index in [1.165, 1.54) is 0 Å². The average molecular weight is 413 g/mol. The van der Waals surface area contributed by atoms with Gasteiger partial charge in [0.1, 0.15) is 0 Å². The summed E-state index contributed by atoms with van der Waals surface area (Å²) in [5.41, 5.74) is 0.937. The van der Waals surface area contributed by atoms with Gasteiger partial charge >= 0.3 is 0 Å². The molecule has 1 aliphatic rings. The molecule has 0 saturated carbocycles. The lowest BCUT2D eigenvalue weighted by Gasteiger charge is -2.12. The summed E-state index contributed by atoms with van der Waals surface area (Å²) in [4.78, 5) is 4.79. The van der Waals surface area contributed by atoms with Crippen LogP contribution < -0.4 is 15.4 Å². The zero-order valence-corrected chi connectivity index (χ0v) is 17.6. The Morgan fingerprint density at radius 1 is 1.29 bits per heavy atom. The number of nitrogens with zero attached hydrogens (tertiary/aromatic N) is 1. The van der Waals surface area contributed by atoms with Gasteiger partial charge in [0.2, 0.25) is 10.0 Å². The van der Waals surface area contributed by atoms with Crippen LogP contribution in [0.1, 0.15) is 31.7 Å². The lowest BCUT2D eigenvalue weighted by atomic mass is 10.2. The average Bonchev–Trinajstić information content (AvgIpc) is 3.22. The van der Waals surface area contributed by atoms with Crippen molar-refractivity contribution in [2.45, 2.75) is 43.7 Å². The van der Waals surface area contributed by atoms with Crippen LogP contribution in [0.2, 0.25) is 0 Å². The minimum Gasteiger partial charge on any atom is -0.385 e. The molecule has 158 valence electrons. The van der Waals surface area contributed by atoms with E-state index in [1.54, 1.807) is 31.4 Å². The number of nitrogens with one attached hydrogen (secondary N) is 3. The number of aliphatic imine (C=N–C) groups is 1. The number of guanidine groups is 1. The fourth-order valence-electron chi connectivity index (χ4n) is 2.80. The summed E-state index contributed by atoms with van der Waals surface area (Å²) in [6, 6.07) is 6.81. The van der Waals surface area contributed by atoms with Crippen molar-refractivity contribution in [1.29, 1.82) is 0 Å². The van der Waals surface area contributed by atoms with E-state index in [0.717, 1.165) is 43.9 Å². The molecule has 3 N–H and O–H groups in total. The van der Waals surface area contributed by atoms with Gasteiger partial charge in [-0.3, -0.25) is 0 Å². The normalized spacial score (nSPS) is 17.6. The van der Waals surface area contributed by atoms with Crippen LogP contribution in [0.15, 0.2) is 34.2 Å². The number of sulfonamides is 1. The minimum absolute atomic E-state index is 0.0238. The van der Waals surface area contributed by atoms with Crippen LogP contribution in [-0.4, -0.2) is 60.4 Å². The summed E-state index contributed by atoms with van der Waals surface area (Å²) in [6.07, 6.45) is 2.75. The zero-order valence-electron chi connectivity index (χ0n) is 16.7. The SMILES string of the molecule is CCNC(=NCc1ccc(S(=O)(=O)NCC2CCCO2)cc1)NCCCOC. The summed E-state index contributed by atoms with van der Waals surface area (Å²) < 4.78 is 37.9. The highest BCUT2D eigenvalue weighted by Gasteiger charge is 2.20. The topological polar surface area (TPSA) is 101 Å². The predicted molar refractivity (Wildman–Crippen MR) is 110 cm³/mol. The van der Waals surface area contributed by atoms with Gasteiger partial charge in [0.05, 0.1) is 17.5 Å². The van der Waals surface area contributed by atoms with E-state index < -0.39 is 10.0 Å². The zero-order chi connectivity index (χ0) is 20.2. The van der Waals surface area contributed by atoms with Gasteiger partial charge in [0, 0.05) is 40.0 Å². The van der Waals surface area contributed by atoms with Crippen molar-refractivity contribution in [2.75, 3.05) is 40.0 Å². The van der Waals surface area contributed by atoms with Gasteiger partial charge in [0.15, 0.2) is 5.96 Å². The predicted octanol–water partition coefficient (Wildman–Crippen LogP) is 1.24. The first kappa shape index (κ1) is 22.6. The quantitative estimate of drug-likeness (QED) is 0.287. The second kappa shape index (κ2) is 12.0. The van der Waals surface area contributed by atoms with Gasteiger partial charge in [-0.1, -0.05) is 12.1 Å². The first-order valence-electron chi connectivity index (χ1n) is 9.76. The van der Waals surface area contributed by atoms with Crippen molar-refractivity contribution in [3.63, 3.8) is 0 Å². The third-order valence-corrected chi connectivity index (χ3v) is 5.78. The Morgan fingerprint density at radius 3 is 2.71 bits per heavy atom. The first-order valence-corrected chi connectivity index (χ1v) is 11.2. The van der Waals surface area contributed by atoms with Crippen LogP contribution in [-0.2, 0) is 26.0 Å². The van der Waals surface area contributed by atoms with E-state index in [1.807, 2.05) is 6.92 Å². The van der Waals surface area contributed by atoms with Crippen LogP contribution in [0, 0.1) is 0 Å². The Balaban J connectivity index is 1.88. The summed E-state index contributed by atoms with van der Waals surface area (Å²) in [7, 11) is -1.84. The van der Waals surface area contributed by atoms with Gasteiger partial charge in [-0.2, -0.15) is 0 Å². The fourth-order valence-corrected chi connectivity index (χ4v) is 3.87. The van der Waals surface area contributed by atoms with Crippen LogP contribution in [0.5, 0.6) is 0 Å². The Labute approximate surface area is 168 Å². The van der Waals surface area contributed by atoms with E-state index in [0.29, 0.717) is 26.3 Å². The molecule has 1 aromatic carbocycles. The lowest BCUT2D eigenvalue weighted by molar-refractivity contribution is 0.114. The smallest absolute Gasteiger partial charge is 0.240 e. The molecule has 28 heavy (non-hydrogen) atoms. The van der Waals surface area contributed by atoms with Crippen molar-refractivity contribution < 1.29 is 17.9 Å². The van der Waals surface area contributed by atoms with E-state index in [4.69, 9.17) is 9.47 Å². The molecule has 8 nitrogen and oxygen atoms in total. The summed E-state index contributed by atoms with van der Waals surface area (Å²) >= 11 is 0. The number of rotatable bonds is 11. The molecule has 0 aromatic heterocycles. The van der Waals surface area contributed by atoms with E-state index in [9.17, 15) is 8.42 Å². The van der Waals surface area contributed by atoms with Gasteiger partial charge in [-0.15, -0.1) is 0 Å². The van der Waals surface area contributed by atoms with Crippen molar-refractivity contribution in [2.24, 2.45) is 4.99 Å². The Kier molecular flexibility index (Phi) is 9.69.